The first-order valence-electron chi connectivity index (χ1n) is 5.25. The fourth-order valence-corrected chi connectivity index (χ4v) is 1.87. The van der Waals surface area contributed by atoms with Gasteiger partial charge in [0.2, 0.25) is 0 Å². The Hall–Kier alpha value is -1.15. The van der Waals surface area contributed by atoms with Gasteiger partial charge >= 0.3 is 0 Å². The molecule has 0 saturated carbocycles. The lowest BCUT2D eigenvalue weighted by Crippen LogP contribution is -1.74. The van der Waals surface area contributed by atoms with Crippen LogP contribution in [0.5, 0.6) is 0 Å². The Balaban J connectivity index is 0.000000337. The average molecular weight is 219 g/mol. The predicted molar refractivity (Wildman–Crippen MR) is 68.3 cm³/mol. The number of aryl methyl sites for hydroxylation is 1. The first-order chi connectivity index (χ1) is 7.27. The Morgan fingerprint density at radius 1 is 1.13 bits per heavy atom. The molecule has 0 atom stereocenters. The minimum Gasteiger partial charge on any atom is -0.241 e. The van der Waals surface area contributed by atoms with Crippen molar-refractivity contribution >= 4 is 11.3 Å². The first-order valence-corrected chi connectivity index (χ1v) is 6.13. The highest BCUT2D eigenvalue weighted by Crippen LogP contribution is 2.22. The summed E-state index contributed by atoms with van der Waals surface area (Å²) in [7, 11) is 0. The van der Waals surface area contributed by atoms with Gasteiger partial charge in [-0.15, -0.1) is 11.3 Å². The molecule has 0 N–H and O–H groups in total. The lowest BCUT2D eigenvalue weighted by molar-refractivity contribution is 1.09. The van der Waals surface area contributed by atoms with Gasteiger partial charge in [0.1, 0.15) is 5.01 Å². The highest BCUT2D eigenvalue weighted by molar-refractivity contribution is 7.13. The SMILES string of the molecule is CCC.Cc1csc(-c2ccccc2)n1. The van der Waals surface area contributed by atoms with Crippen LogP contribution < -0.4 is 0 Å². The number of thiazole rings is 1. The number of aromatic nitrogens is 1. The van der Waals surface area contributed by atoms with Crippen molar-refractivity contribution in [2.45, 2.75) is 27.2 Å². The van der Waals surface area contributed by atoms with E-state index in [0.717, 1.165) is 10.7 Å². The van der Waals surface area contributed by atoms with Crippen LogP contribution in [0.2, 0.25) is 0 Å². The molecule has 0 aliphatic carbocycles. The summed E-state index contributed by atoms with van der Waals surface area (Å²) in [5, 5.41) is 3.18. The van der Waals surface area contributed by atoms with Crippen LogP contribution in [-0.2, 0) is 0 Å². The summed E-state index contributed by atoms with van der Waals surface area (Å²) in [6.45, 7) is 6.27. The zero-order valence-electron chi connectivity index (χ0n) is 9.53. The molecule has 80 valence electrons. The van der Waals surface area contributed by atoms with Gasteiger partial charge in [-0.3, -0.25) is 0 Å². The smallest absolute Gasteiger partial charge is 0.123 e. The van der Waals surface area contributed by atoms with Gasteiger partial charge in [-0.2, -0.15) is 0 Å². The number of rotatable bonds is 1. The zero-order valence-corrected chi connectivity index (χ0v) is 10.3. The molecule has 0 radical (unpaired) electrons. The van der Waals surface area contributed by atoms with E-state index in [1.165, 1.54) is 12.0 Å². The Labute approximate surface area is 95.8 Å². The van der Waals surface area contributed by atoms with E-state index in [9.17, 15) is 0 Å². The zero-order chi connectivity index (χ0) is 11.1. The molecular weight excluding hydrogens is 202 g/mol. The number of nitrogens with zero attached hydrogens (tertiary/aromatic N) is 1. The summed E-state index contributed by atoms with van der Waals surface area (Å²) in [4.78, 5) is 4.40. The van der Waals surface area contributed by atoms with E-state index in [-0.39, 0.29) is 0 Å². The van der Waals surface area contributed by atoms with Crippen LogP contribution in [0.3, 0.4) is 0 Å². The standard InChI is InChI=1S/C10H9NS.C3H8/c1-8-7-12-10(11-8)9-5-3-2-4-6-9;1-3-2/h2-7H,1H3;3H2,1-2H3. The number of hydrogen-bond acceptors (Lipinski definition) is 2. The van der Waals surface area contributed by atoms with Crippen molar-refractivity contribution in [3.05, 3.63) is 41.4 Å². The summed E-state index contributed by atoms with van der Waals surface area (Å²) in [5.74, 6) is 0. The van der Waals surface area contributed by atoms with Gasteiger partial charge in [0, 0.05) is 16.6 Å². The molecule has 1 heterocycles. The maximum absolute atomic E-state index is 4.40. The van der Waals surface area contributed by atoms with Crippen molar-refractivity contribution < 1.29 is 0 Å². The minimum absolute atomic E-state index is 1.10. The van der Waals surface area contributed by atoms with Crippen LogP contribution in [0.1, 0.15) is 26.0 Å². The quantitative estimate of drug-likeness (QED) is 0.686. The van der Waals surface area contributed by atoms with Crippen LogP contribution in [0.15, 0.2) is 35.7 Å². The van der Waals surface area contributed by atoms with Gasteiger partial charge in [0.05, 0.1) is 0 Å². The fraction of sp³-hybridized carbons (Fsp3) is 0.308. The van der Waals surface area contributed by atoms with E-state index >= 15 is 0 Å². The molecule has 2 aromatic rings. The van der Waals surface area contributed by atoms with Gasteiger partial charge in [0.15, 0.2) is 0 Å². The third-order valence-corrected chi connectivity index (χ3v) is 2.65. The Kier molecular flexibility index (Phi) is 5.05. The monoisotopic (exact) mass is 219 g/mol. The van der Waals surface area contributed by atoms with Crippen molar-refractivity contribution in [1.29, 1.82) is 0 Å². The van der Waals surface area contributed by atoms with Crippen LogP contribution in [0.4, 0.5) is 0 Å². The van der Waals surface area contributed by atoms with E-state index in [1.807, 2.05) is 25.1 Å². The number of hydrogen-bond donors (Lipinski definition) is 0. The summed E-state index contributed by atoms with van der Waals surface area (Å²) in [6, 6.07) is 10.2. The summed E-state index contributed by atoms with van der Waals surface area (Å²) >= 11 is 1.69. The van der Waals surface area contributed by atoms with Gasteiger partial charge < -0.3 is 0 Å². The second-order valence-corrected chi connectivity index (χ2v) is 4.23. The van der Waals surface area contributed by atoms with Crippen molar-refractivity contribution in [3.8, 4) is 10.6 Å². The maximum Gasteiger partial charge on any atom is 0.123 e. The molecule has 2 heteroatoms. The van der Waals surface area contributed by atoms with Crippen LogP contribution in [0, 0.1) is 6.92 Å². The topological polar surface area (TPSA) is 12.9 Å². The summed E-state index contributed by atoms with van der Waals surface area (Å²) in [5.41, 5.74) is 2.30. The molecule has 1 aromatic carbocycles. The molecule has 0 aliphatic heterocycles. The van der Waals surface area contributed by atoms with Crippen LogP contribution in [0.25, 0.3) is 10.6 Å². The highest BCUT2D eigenvalue weighted by Gasteiger charge is 1.99. The molecule has 0 saturated heterocycles. The highest BCUT2D eigenvalue weighted by atomic mass is 32.1. The first kappa shape index (κ1) is 11.9. The molecular formula is C13H17NS. The molecule has 0 fully saturated rings. The third kappa shape index (κ3) is 3.84. The van der Waals surface area contributed by atoms with Gasteiger partial charge in [-0.25, -0.2) is 4.98 Å². The van der Waals surface area contributed by atoms with Gasteiger partial charge in [-0.1, -0.05) is 50.6 Å². The minimum atomic E-state index is 1.10. The van der Waals surface area contributed by atoms with Crippen LogP contribution in [-0.4, -0.2) is 4.98 Å². The van der Waals surface area contributed by atoms with Crippen molar-refractivity contribution in [3.63, 3.8) is 0 Å². The molecule has 15 heavy (non-hydrogen) atoms. The predicted octanol–water partition coefficient (Wildman–Crippen LogP) is 4.53. The van der Waals surface area contributed by atoms with E-state index in [2.05, 4.69) is 36.3 Å². The van der Waals surface area contributed by atoms with Crippen molar-refractivity contribution in [2.24, 2.45) is 0 Å². The molecule has 0 unspecified atom stereocenters. The Morgan fingerprint density at radius 2 is 1.73 bits per heavy atom. The molecule has 2 rings (SSSR count). The fourth-order valence-electron chi connectivity index (χ4n) is 1.07. The number of benzene rings is 1. The largest absolute Gasteiger partial charge is 0.241 e. The molecule has 1 nitrogen and oxygen atoms in total. The van der Waals surface area contributed by atoms with E-state index < -0.39 is 0 Å². The lowest BCUT2D eigenvalue weighted by atomic mass is 10.2. The lowest BCUT2D eigenvalue weighted by Gasteiger charge is -1.92. The summed E-state index contributed by atoms with van der Waals surface area (Å²) in [6.07, 6.45) is 1.25. The molecule has 0 bridgehead atoms. The van der Waals surface area contributed by atoms with Crippen molar-refractivity contribution in [1.82, 2.24) is 4.98 Å². The Morgan fingerprint density at radius 3 is 2.20 bits per heavy atom. The third-order valence-electron chi connectivity index (χ3n) is 1.64. The maximum atomic E-state index is 4.40. The normalized spacial score (nSPS) is 9.27. The van der Waals surface area contributed by atoms with Crippen molar-refractivity contribution in [2.75, 3.05) is 0 Å². The van der Waals surface area contributed by atoms with Gasteiger partial charge in [0.25, 0.3) is 0 Å². The molecule has 0 aliphatic rings. The van der Waals surface area contributed by atoms with E-state index in [0.29, 0.717) is 0 Å². The Bertz CT molecular complexity index is 378. The average Bonchev–Trinajstić information content (AvgIpc) is 2.67. The molecule has 0 spiro atoms. The van der Waals surface area contributed by atoms with Crippen LogP contribution >= 0.6 is 11.3 Å². The van der Waals surface area contributed by atoms with E-state index in [4.69, 9.17) is 0 Å². The second kappa shape index (κ2) is 6.36. The van der Waals surface area contributed by atoms with Gasteiger partial charge in [-0.05, 0) is 6.92 Å². The molecule has 0 amide bonds. The van der Waals surface area contributed by atoms with E-state index in [1.54, 1.807) is 11.3 Å². The summed E-state index contributed by atoms with van der Waals surface area (Å²) < 4.78 is 0. The second-order valence-electron chi connectivity index (χ2n) is 3.37. The molecule has 1 aromatic heterocycles.